The monoisotopic (exact) mass is 251 g/mol. The SMILES string of the molecule is CCCNCc1ccnn1CCCC1CCCO1. The molecule has 0 bridgehead atoms. The van der Waals surface area contributed by atoms with Gasteiger partial charge in [0, 0.05) is 25.9 Å². The summed E-state index contributed by atoms with van der Waals surface area (Å²) in [5, 5.41) is 7.82. The van der Waals surface area contributed by atoms with Crippen LogP contribution in [0.25, 0.3) is 0 Å². The Morgan fingerprint density at radius 3 is 3.28 bits per heavy atom. The van der Waals surface area contributed by atoms with Crippen LogP contribution in [0.3, 0.4) is 0 Å². The number of hydrogen-bond acceptors (Lipinski definition) is 3. The third-order valence-electron chi connectivity index (χ3n) is 3.46. The Kier molecular flexibility index (Phi) is 5.68. The van der Waals surface area contributed by atoms with Gasteiger partial charge in [-0.2, -0.15) is 5.10 Å². The summed E-state index contributed by atoms with van der Waals surface area (Å²) in [4.78, 5) is 0. The molecular formula is C14H25N3O. The average molecular weight is 251 g/mol. The Balaban J connectivity index is 1.69. The molecule has 1 atom stereocenters. The van der Waals surface area contributed by atoms with E-state index in [0.29, 0.717) is 6.10 Å². The Morgan fingerprint density at radius 2 is 2.50 bits per heavy atom. The molecular weight excluding hydrogens is 226 g/mol. The van der Waals surface area contributed by atoms with E-state index in [2.05, 4.69) is 28.1 Å². The summed E-state index contributed by atoms with van der Waals surface area (Å²) >= 11 is 0. The van der Waals surface area contributed by atoms with Gasteiger partial charge < -0.3 is 10.1 Å². The van der Waals surface area contributed by atoms with Crippen molar-refractivity contribution in [2.24, 2.45) is 0 Å². The molecule has 1 aliphatic rings. The summed E-state index contributed by atoms with van der Waals surface area (Å²) < 4.78 is 7.76. The number of aryl methyl sites for hydroxylation is 1. The van der Waals surface area contributed by atoms with Crippen LogP contribution in [-0.4, -0.2) is 29.0 Å². The standard InChI is InChI=1S/C14H25N3O/c1-2-8-15-12-13-7-9-16-17(13)10-3-5-14-6-4-11-18-14/h7,9,14-15H,2-6,8,10-12H2,1H3. The zero-order valence-corrected chi connectivity index (χ0v) is 11.4. The van der Waals surface area contributed by atoms with Crippen molar-refractivity contribution in [1.82, 2.24) is 15.1 Å². The molecule has 1 aromatic heterocycles. The van der Waals surface area contributed by atoms with Gasteiger partial charge in [-0.15, -0.1) is 0 Å². The molecule has 1 unspecified atom stereocenters. The van der Waals surface area contributed by atoms with Crippen LogP contribution in [-0.2, 0) is 17.8 Å². The fourth-order valence-corrected chi connectivity index (χ4v) is 2.45. The molecule has 0 aliphatic carbocycles. The van der Waals surface area contributed by atoms with Crippen molar-refractivity contribution in [2.75, 3.05) is 13.2 Å². The van der Waals surface area contributed by atoms with Crippen LogP contribution < -0.4 is 5.32 Å². The number of aromatic nitrogens is 2. The van der Waals surface area contributed by atoms with Gasteiger partial charge >= 0.3 is 0 Å². The molecule has 0 spiro atoms. The summed E-state index contributed by atoms with van der Waals surface area (Å²) in [6.07, 6.45) is 8.38. The van der Waals surface area contributed by atoms with Crippen LogP contribution in [0.5, 0.6) is 0 Å². The first-order chi connectivity index (χ1) is 8.90. The Morgan fingerprint density at radius 1 is 1.56 bits per heavy atom. The van der Waals surface area contributed by atoms with E-state index in [1.165, 1.54) is 31.4 Å². The largest absolute Gasteiger partial charge is 0.378 e. The highest BCUT2D eigenvalue weighted by Crippen LogP contribution is 2.17. The second-order valence-electron chi connectivity index (χ2n) is 5.00. The quantitative estimate of drug-likeness (QED) is 0.721. The van der Waals surface area contributed by atoms with E-state index in [0.717, 1.165) is 32.7 Å². The van der Waals surface area contributed by atoms with Gasteiger partial charge in [-0.05, 0) is 44.7 Å². The van der Waals surface area contributed by atoms with E-state index in [1.807, 2.05) is 6.20 Å². The van der Waals surface area contributed by atoms with Gasteiger partial charge in [0.15, 0.2) is 0 Å². The Labute approximate surface area is 110 Å². The first kappa shape index (κ1) is 13.6. The summed E-state index contributed by atoms with van der Waals surface area (Å²) in [7, 11) is 0. The van der Waals surface area contributed by atoms with E-state index >= 15 is 0 Å². The molecule has 2 heterocycles. The minimum Gasteiger partial charge on any atom is -0.378 e. The van der Waals surface area contributed by atoms with Crippen molar-refractivity contribution < 1.29 is 4.74 Å². The summed E-state index contributed by atoms with van der Waals surface area (Å²) in [6.45, 7) is 6.15. The van der Waals surface area contributed by atoms with Crippen molar-refractivity contribution >= 4 is 0 Å². The van der Waals surface area contributed by atoms with E-state index in [4.69, 9.17) is 4.74 Å². The molecule has 18 heavy (non-hydrogen) atoms. The smallest absolute Gasteiger partial charge is 0.0576 e. The maximum atomic E-state index is 5.64. The zero-order chi connectivity index (χ0) is 12.6. The third kappa shape index (κ3) is 4.10. The molecule has 0 saturated carbocycles. The summed E-state index contributed by atoms with van der Waals surface area (Å²) in [5.41, 5.74) is 1.29. The van der Waals surface area contributed by atoms with Crippen molar-refractivity contribution in [3.05, 3.63) is 18.0 Å². The minimum atomic E-state index is 0.502. The highest BCUT2D eigenvalue weighted by molar-refractivity contribution is 4.99. The van der Waals surface area contributed by atoms with Crippen LogP contribution in [0.1, 0.15) is 44.7 Å². The average Bonchev–Trinajstić information content (AvgIpc) is 3.02. The van der Waals surface area contributed by atoms with Crippen LogP contribution in [0.4, 0.5) is 0 Å². The van der Waals surface area contributed by atoms with Gasteiger partial charge in [-0.25, -0.2) is 0 Å². The van der Waals surface area contributed by atoms with E-state index in [-0.39, 0.29) is 0 Å². The maximum Gasteiger partial charge on any atom is 0.0576 e. The highest BCUT2D eigenvalue weighted by atomic mass is 16.5. The molecule has 1 N–H and O–H groups in total. The van der Waals surface area contributed by atoms with Crippen LogP contribution in [0.2, 0.25) is 0 Å². The van der Waals surface area contributed by atoms with Gasteiger partial charge in [0.25, 0.3) is 0 Å². The van der Waals surface area contributed by atoms with E-state index in [1.54, 1.807) is 0 Å². The molecule has 4 nitrogen and oxygen atoms in total. The number of rotatable bonds is 8. The van der Waals surface area contributed by atoms with Gasteiger partial charge in [-0.1, -0.05) is 6.92 Å². The number of nitrogens with zero attached hydrogens (tertiary/aromatic N) is 2. The fourth-order valence-electron chi connectivity index (χ4n) is 2.45. The molecule has 102 valence electrons. The lowest BCUT2D eigenvalue weighted by Crippen LogP contribution is -2.18. The molecule has 0 aromatic carbocycles. The van der Waals surface area contributed by atoms with Crippen LogP contribution in [0.15, 0.2) is 12.3 Å². The molecule has 4 heteroatoms. The molecule has 0 radical (unpaired) electrons. The van der Waals surface area contributed by atoms with Crippen molar-refractivity contribution in [3.63, 3.8) is 0 Å². The molecule has 1 fully saturated rings. The molecule has 2 rings (SSSR count). The van der Waals surface area contributed by atoms with E-state index < -0.39 is 0 Å². The van der Waals surface area contributed by atoms with Gasteiger partial charge in [0.1, 0.15) is 0 Å². The second kappa shape index (κ2) is 7.54. The topological polar surface area (TPSA) is 39.1 Å². The number of ether oxygens (including phenoxy) is 1. The lowest BCUT2D eigenvalue weighted by molar-refractivity contribution is 0.101. The predicted octanol–water partition coefficient (Wildman–Crippen LogP) is 2.34. The van der Waals surface area contributed by atoms with Crippen molar-refractivity contribution in [3.8, 4) is 0 Å². The van der Waals surface area contributed by atoms with Gasteiger partial charge in [0.2, 0.25) is 0 Å². The molecule has 1 aliphatic heterocycles. The highest BCUT2D eigenvalue weighted by Gasteiger charge is 2.14. The zero-order valence-electron chi connectivity index (χ0n) is 11.4. The Bertz CT molecular complexity index is 332. The summed E-state index contributed by atoms with van der Waals surface area (Å²) in [6, 6.07) is 2.11. The van der Waals surface area contributed by atoms with Crippen LogP contribution in [0, 0.1) is 0 Å². The first-order valence-corrected chi connectivity index (χ1v) is 7.23. The van der Waals surface area contributed by atoms with Gasteiger partial charge in [0.05, 0.1) is 11.8 Å². The number of hydrogen-bond donors (Lipinski definition) is 1. The van der Waals surface area contributed by atoms with Crippen molar-refractivity contribution in [1.29, 1.82) is 0 Å². The second-order valence-corrected chi connectivity index (χ2v) is 5.00. The van der Waals surface area contributed by atoms with E-state index in [9.17, 15) is 0 Å². The normalized spacial score (nSPS) is 19.5. The van der Waals surface area contributed by atoms with Gasteiger partial charge in [-0.3, -0.25) is 4.68 Å². The third-order valence-corrected chi connectivity index (χ3v) is 3.46. The first-order valence-electron chi connectivity index (χ1n) is 7.23. The number of nitrogens with one attached hydrogen (secondary N) is 1. The fraction of sp³-hybridized carbons (Fsp3) is 0.786. The molecule has 1 saturated heterocycles. The van der Waals surface area contributed by atoms with Crippen molar-refractivity contribution in [2.45, 2.75) is 58.2 Å². The summed E-state index contributed by atoms with van der Waals surface area (Å²) in [5.74, 6) is 0. The molecule has 1 aromatic rings. The Hall–Kier alpha value is -0.870. The minimum absolute atomic E-state index is 0.502. The molecule has 0 amide bonds. The lowest BCUT2D eigenvalue weighted by atomic mass is 10.1. The van der Waals surface area contributed by atoms with Crippen LogP contribution >= 0.6 is 0 Å². The maximum absolute atomic E-state index is 5.64. The predicted molar refractivity (Wildman–Crippen MR) is 72.4 cm³/mol. The lowest BCUT2D eigenvalue weighted by Gasteiger charge is -2.11.